The zero-order chi connectivity index (χ0) is 17.4. The second kappa shape index (κ2) is 8.49. The van der Waals surface area contributed by atoms with E-state index in [0.717, 1.165) is 17.4 Å². The van der Waals surface area contributed by atoms with E-state index in [0.29, 0.717) is 12.4 Å². The molecule has 0 saturated carbocycles. The molecular weight excluding hydrogens is 326 g/mol. The van der Waals surface area contributed by atoms with Crippen LogP contribution in [0.4, 0.5) is 0 Å². The third-order valence-corrected chi connectivity index (χ3v) is 4.30. The molecule has 2 rings (SSSR count). The molecule has 128 valence electrons. The summed E-state index contributed by atoms with van der Waals surface area (Å²) in [7, 11) is -3.08. The number of hydrogen-bond acceptors (Lipinski definition) is 4. The lowest BCUT2D eigenvalue weighted by Crippen LogP contribution is -2.30. The minimum absolute atomic E-state index is 0.0646. The zero-order valence-corrected chi connectivity index (χ0v) is 14.4. The standard InChI is InChI=1S/C18H21NO4S/c1-24(21,22)12-11-19-18(20)13-16-9-5-6-10-17(16)23-14-15-7-3-2-4-8-15/h2-10H,11-14H2,1H3,(H,19,20). The molecule has 0 saturated heterocycles. The summed E-state index contributed by atoms with van der Waals surface area (Å²) in [6.45, 7) is 0.540. The summed E-state index contributed by atoms with van der Waals surface area (Å²) in [6, 6.07) is 17.1. The van der Waals surface area contributed by atoms with Gasteiger partial charge in [0.25, 0.3) is 0 Å². The van der Waals surface area contributed by atoms with E-state index in [1.807, 2.05) is 54.6 Å². The van der Waals surface area contributed by atoms with Crippen molar-refractivity contribution in [2.24, 2.45) is 0 Å². The van der Waals surface area contributed by atoms with E-state index in [9.17, 15) is 13.2 Å². The number of nitrogens with one attached hydrogen (secondary N) is 1. The van der Waals surface area contributed by atoms with Crippen molar-refractivity contribution in [3.05, 3.63) is 65.7 Å². The molecule has 0 heterocycles. The van der Waals surface area contributed by atoms with Crippen molar-refractivity contribution in [2.45, 2.75) is 13.0 Å². The van der Waals surface area contributed by atoms with Gasteiger partial charge >= 0.3 is 0 Å². The topological polar surface area (TPSA) is 72.5 Å². The molecule has 0 fully saturated rings. The Bertz CT molecular complexity index is 773. The molecule has 5 nitrogen and oxygen atoms in total. The largest absolute Gasteiger partial charge is 0.489 e. The lowest BCUT2D eigenvalue weighted by molar-refractivity contribution is -0.120. The first kappa shape index (κ1) is 18.0. The minimum Gasteiger partial charge on any atom is -0.489 e. The van der Waals surface area contributed by atoms with Crippen molar-refractivity contribution in [3.63, 3.8) is 0 Å². The molecule has 6 heteroatoms. The molecule has 0 aliphatic heterocycles. The van der Waals surface area contributed by atoms with E-state index < -0.39 is 9.84 Å². The van der Waals surface area contributed by atoms with E-state index in [-0.39, 0.29) is 24.6 Å². The maximum absolute atomic E-state index is 12.0. The van der Waals surface area contributed by atoms with Gasteiger partial charge in [0.05, 0.1) is 12.2 Å². The number of carbonyl (C=O) groups excluding carboxylic acids is 1. The molecule has 0 spiro atoms. The van der Waals surface area contributed by atoms with Gasteiger partial charge in [-0.1, -0.05) is 48.5 Å². The van der Waals surface area contributed by atoms with Crippen LogP contribution in [-0.2, 0) is 27.7 Å². The third kappa shape index (κ3) is 6.42. The van der Waals surface area contributed by atoms with Crippen LogP contribution in [0.2, 0.25) is 0 Å². The van der Waals surface area contributed by atoms with Gasteiger partial charge < -0.3 is 10.1 Å². The van der Waals surface area contributed by atoms with Gasteiger partial charge in [-0.05, 0) is 11.6 Å². The van der Waals surface area contributed by atoms with E-state index in [2.05, 4.69) is 5.32 Å². The number of para-hydroxylation sites is 1. The number of ether oxygens (including phenoxy) is 1. The van der Waals surface area contributed by atoms with Crippen LogP contribution in [0.1, 0.15) is 11.1 Å². The van der Waals surface area contributed by atoms with Crippen LogP contribution in [0.15, 0.2) is 54.6 Å². The molecule has 1 amide bonds. The Morgan fingerprint density at radius 1 is 1.04 bits per heavy atom. The van der Waals surface area contributed by atoms with Crippen LogP contribution in [0.3, 0.4) is 0 Å². The van der Waals surface area contributed by atoms with E-state index >= 15 is 0 Å². The zero-order valence-electron chi connectivity index (χ0n) is 13.6. The van der Waals surface area contributed by atoms with Gasteiger partial charge in [-0.15, -0.1) is 0 Å². The fraction of sp³-hybridized carbons (Fsp3) is 0.278. The van der Waals surface area contributed by atoms with Gasteiger partial charge in [0.15, 0.2) is 0 Å². The second-order valence-electron chi connectivity index (χ2n) is 5.54. The SMILES string of the molecule is CS(=O)(=O)CCNC(=O)Cc1ccccc1OCc1ccccc1. The molecule has 0 bridgehead atoms. The van der Waals surface area contributed by atoms with Gasteiger partial charge in [-0.3, -0.25) is 4.79 Å². The molecule has 0 unspecified atom stereocenters. The fourth-order valence-electron chi connectivity index (χ4n) is 2.14. The Morgan fingerprint density at radius 2 is 1.71 bits per heavy atom. The van der Waals surface area contributed by atoms with E-state index in [4.69, 9.17) is 4.74 Å². The molecule has 0 aliphatic rings. The Balaban J connectivity index is 1.92. The van der Waals surface area contributed by atoms with Crippen LogP contribution >= 0.6 is 0 Å². The number of hydrogen-bond donors (Lipinski definition) is 1. The summed E-state index contributed by atoms with van der Waals surface area (Å²) in [4.78, 5) is 12.0. The molecular formula is C18H21NO4S. The highest BCUT2D eigenvalue weighted by Crippen LogP contribution is 2.20. The smallest absolute Gasteiger partial charge is 0.224 e. The molecule has 2 aromatic rings. The molecule has 0 atom stereocenters. The first-order chi connectivity index (χ1) is 11.4. The van der Waals surface area contributed by atoms with Crippen LogP contribution in [0, 0.1) is 0 Å². The third-order valence-electron chi connectivity index (χ3n) is 3.36. The summed E-state index contributed by atoms with van der Waals surface area (Å²) >= 11 is 0. The maximum Gasteiger partial charge on any atom is 0.224 e. The predicted molar refractivity (Wildman–Crippen MR) is 93.6 cm³/mol. The van der Waals surface area contributed by atoms with E-state index in [1.54, 1.807) is 0 Å². The number of amides is 1. The van der Waals surface area contributed by atoms with Crippen molar-refractivity contribution in [1.82, 2.24) is 5.32 Å². The molecule has 0 aliphatic carbocycles. The van der Waals surface area contributed by atoms with Crippen LogP contribution in [0.25, 0.3) is 0 Å². The lowest BCUT2D eigenvalue weighted by Gasteiger charge is -2.11. The quantitative estimate of drug-likeness (QED) is 0.792. The fourth-order valence-corrected chi connectivity index (χ4v) is 2.61. The average molecular weight is 347 g/mol. The summed E-state index contributed by atoms with van der Waals surface area (Å²) in [5.74, 6) is 0.360. The Labute approximate surface area is 142 Å². The first-order valence-corrected chi connectivity index (χ1v) is 9.69. The Kier molecular flexibility index (Phi) is 6.37. The van der Waals surface area contributed by atoms with Crippen molar-refractivity contribution in [3.8, 4) is 5.75 Å². The van der Waals surface area contributed by atoms with Gasteiger partial charge in [-0.25, -0.2) is 8.42 Å². The molecule has 0 radical (unpaired) electrons. The van der Waals surface area contributed by atoms with Crippen molar-refractivity contribution in [1.29, 1.82) is 0 Å². The number of benzene rings is 2. The molecule has 0 aromatic heterocycles. The first-order valence-electron chi connectivity index (χ1n) is 7.63. The maximum atomic E-state index is 12.0. The summed E-state index contributed by atoms with van der Waals surface area (Å²) in [5, 5.41) is 2.62. The normalized spacial score (nSPS) is 11.0. The molecule has 1 N–H and O–H groups in total. The molecule has 2 aromatic carbocycles. The summed E-state index contributed by atoms with van der Waals surface area (Å²) < 4.78 is 28.0. The van der Waals surface area contributed by atoms with E-state index in [1.165, 1.54) is 0 Å². The number of sulfone groups is 1. The van der Waals surface area contributed by atoms with Crippen molar-refractivity contribution in [2.75, 3.05) is 18.6 Å². The number of rotatable bonds is 8. The second-order valence-corrected chi connectivity index (χ2v) is 7.80. The van der Waals surface area contributed by atoms with Gasteiger partial charge in [-0.2, -0.15) is 0 Å². The highest BCUT2D eigenvalue weighted by molar-refractivity contribution is 7.90. The van der Waals surface area contributed by atoms with Crippen LogP contribution in [0.5, 0.6) is 5.75 Å². The highest BCUT2D eigenvalue weighted by atomic mass is 32.2. The Hall–Kier alpha value is -2.34. The molecule has 24 heavy (non-hydrogen) atoms. The lowest BCUT2D eigenvalue weighted by atomic mass is 10.1. The van der Waals surface area contributed by atoms with Crippen LogP contribution in [-0.4, -0.2) is 32.9 Å². The predicted octanol–water partition coefficient (Wildman–Crippen LogP) is 1.97. The number of carbonyl (C=O) groups is 1. The average Bonchev–Trinajstić information content (AvgIpc) is 2.54. The van der Waals surface area contributed by atoms with Crippen LogP contribution < -0.4 is 10.1 Å². The van der Waals surface area contributed by atoms with Crippen molar-refractivity contribution >= 4 is 15.7 Å². The minimum atomic E-state index is -3.08. The Morgan fingerprint density at radius 3 is 2.42 bits per heavy atom. The summed E-state index contributed by atoms with van der Waals surface area (Å²) in [6.07, 6.45) is 1.29. The summed E-state index contributed by atoms with van der Waals surface area (Å²) in [5.41, 5.74) is 1.81. The van der Waals surface area contributed by atoms with Crippen molar-refractivity contribution < 1.29 is 17.9 Å². The highest BCUT2D eigenvalue weighted by Gasteiger charge is 2.10. The van der Waals surface area contributed by atoms with Gasteiger partial charge in [0, 0.05) is 18.4 Å². The monoisotopic (exact) mass is 347 g/mol. The van der Waals surface area contributed by atoms with Gasteiger partial charge in [0.1, 0.15) is 22.2 Å². The van der Waals surface area contributed by atoms with Gasteiger partial charge in [0.2, 0.25) is 5.91 Å².